The van der Waals surface area contributed by atoms with Gasteiger partial charge in [-0.25, -0.2) is 0 Å². The Morgan fingerprint density at radius 2 is 2.29 bits per heavy atom. The van der Waals surface area contributed by atoms with Gasteiger partial charge in [-0.15, -0.1) is 6.58 Å². The second-order valence-corrected chi connectivity index (χ2v) is 3.21. The zero-order valence-corrected chi connectivity index (χ0v) is 8.90. The minimum Gasteiger partial charge on any atom is -0.374 e. The molecule has 0 saturated heterocycles. The highest BCUT2D eigenvalue weighted by Crippen LogP contribution is 2.18. The maximum atomic E-state index is 5.53. The summed E-state index contributed by atoms with van der Waals surface area (Å²) in [6.07, 6.45) is 9.10. The van der Waals surface area contributed by atoms with Gasteiger partial charge in [-0.2, -0.15) is 0 Å². The van der Waals surface area contributed by atoms with Crippen LogP contribution in [-0.4, -0.2) is 25.9 Å². The van der Waals surface area contributed by atoms with E-state index < -0.39 is 0 Å². The minimum absolute atomic E-state index is 0.0369. The van der Waals surface area contributed by atoms with Crippen molar-refractivity contribution in [3.8, 4) is 0 Å². The molecule has 0 radical (unpaired) electrons. The summed E-state index contributed by atoms with van der Waals surface area (Å²) in [6, 6.07) is 0. The Balaban J connectivity index is 2.63. The number of allylic oxidation sites excluding steroid dienone is 3. The highest BCUT2D eigenvalue weighted by Gasteiger charge is 2.19. The van der Waals surface area contributed by atoms with E-state index >= 15 is 0 Å². The molecule has 0 bridgehead atoms. The van der Waals surface area contributed by atoms with Crippen molar-refractivity contribution in [1.82, 2.24) is 0 Å². The van der Waals surface area contributed by atoms with Crippen LogP contribution in [0.25, 0.3) is 0 Å². The van der Waals surface area contributed by atoms with Crippen LogP contribution in [0.5, 0.6) is 0 Å². The van der Waals surface area contributed by atoms with Crippen molar-refractivity contribution in [2.24, 2.45) is 0 Å². The molecular formula is C12H18O2. The summed E-state index contributed by atoms with van der Waals surface area (Å²) in [4.78, 5) is 0. The Hall–Kier alpha value is -0.860. The summed E-state index contributed by atoms with van der Waals surface area (Å²) in [5.74, 6) is 0. The predicted octanol–water partition coefficient (Wildman–Crippen LogP) is 2.48. The largest absolute Gasteiger partial charge is 0.374 e. The molecule has 78 valence electrons. The third-order valence-electron chi connectivity index (χ3n) is 2.21. The van der Waals surface area contributed by atoms with Gasteiger partial charge in [-0.05, 0) is 25.0 Å². The summed E-state index contributed by atoms with van der Waals surface area (Å²) >= 11 is 0. The van der Waals surface area contributed by atoms with Crippen LogP contribution in [0.1, 0.15) is 13.3 Å². The van der Waals surface area contributed by atoms with E-state index in [1.54, 1.807) is 7.11 Å². The molecule has 1 rings (SSSR count). The van der Waals surface area contributed by atoms with Crippen LogP contribution in [0.15, 0.2) is 36.5 Å². The Kier molecular flexibility index (Phi) is 4.63. The zero-order chi connectivity index (χ0) is 10.4. The quantitative estimate of drug-likeness (QED) is 0.626. The molecule has 0 fully saturated rings. The summed E-state index contributed by atoms with van der Waals surface area (Å²) in [7, 11) is 1.71. The molecule has 0 spiro atoms. The molecule has 0 aliphatic heterocycles. The molecule has 2 atom stereocenters. The van der Waals surface area contributed by atoms with Gasteiger partial charge in [0.2, 0.25) is 0 Å². The third-order valence-corrected chi connectivity index (χ3v) is 2.21. The molecule has 1 aliphatic carbocycles. The van der Waals surface area contributed by atoms with Gasteiger partial charge >= 0.3 is 0 Å². The van der Waals surface area contributed by atoms with Gasteiger partial charge in [0, 0.05) is 13.7 Å². The first-order valence-electron chi connectivity index (χ1n) is 4.96. The smallest absolute Gasteiger partial charge is 0.106 e. The van der Waals surface area contributed by atoms with Crippen LogP contribution < -0.4 is 0 Å². The number of methoxy groups -OCH3 is 1. The van der Waals surface area contributed by atoms with Crippen molar-refractivity contribution in [3.63, 3.8) is 0 Å². The predicted molar refractivity (Wildman–Crippen MR) is 58.2 cm³/mol. The molecule has 0 aromatic rings. The molecule has 2 nitrogen and oxygen atoms in total. The average Bonchev–Trinajstić information content (AvgIpc) is 2.21. The molecule has 0 heterocycles. The van der Waals surface area contributed by atoms with Gasteiger partial charge in [-0.1, -0.05) is 18.2 Å². The summed E-state index contributed by atoms with van der Waals surface area (Å²) in [6.45, 7) is 6.41. The van der Waals surface area contributed by atoms with E-state index in [1.807, 2.05) is 13.0 Å². The van der Waals surface area contributed by atoms with Crippen molar-refractivity contribution in [3.05, 3.63) is 36.5 Å². The van der Waals surface area contributed by atoms with Crippen LogP contribution in [0, 0.1) is 0 Å². The van der Waals surface area contributed by atoms with Crippen molar-refractivity contribution < 1.29 is 9.47 Å². The van der Waals surface area contributed by atoms with Crippen LogP contribution in [0.3, 0.4) is 0 Å². The first-order chi connectivity index (χ1) is 6.81. The lowest BCUT2D eigenvalue weighted by atomic mass is 10.00. The van der Waals surface area contributed by atoms with Gasteiger partial charge in [0.25, 0.3) is 0 Å². The average molecular weight is 194 g/mol. The maximum Gasteiger partial charge on any atom is 0.106 e. The molecule has 1 aliphatic rings. The minimum atomic E-state index is 0.0369. The summed E-state index contributed by atoms with van der Waals surface area (Å²) < 4.78 is 10.9. The second kappa shape index (κ2) is 5.78. The fourth-order valence-electron chi connectivity index (χ4n) is 1.54. The van der Waals surface area contributed by atoms with Gasteiger partial charge in [0.1, 0.15) is 12.2 Å². The van der Waals surface area contributed by atoms with E-state index in [-0.39, 0.29) is 12.2 Å². The van der Waals surface area contributed by atoms with Crippen LogP contribution in [0.4, 0.5) is 0 Å². The lowest BCUT2D eigenvalue weighted by Gasteiger charge is -2.24. The topological polar surface area (TPSA) is 18.5 Å². The highest BCUT2D eigenvalue weighted by molar-refractivity contribution is 5.29. The first-order valence-corrected chi connectivity index (χ1v) is 4.96. The van der Waals surface area contributed by atoms with Crippen LogP contribution in [0.2, 0.25) is 0 Å². The van der Waals surface area contributed by atoms with Crippen molar-refractivity contribution in [2.75, 3.05) is 13.7 Å². The van der Waals surface area contributed by atoms with Gasteiger partial charge < -0.3 is 9.47 Å². The lowest BCUT2D eigenvalue weighted by Crippen LogP contribution is -2.29. The van der Waals surface area contributed by atoms with E-state index in [0.717, 1.165) is 6.42 Å². The molecule has 2 unspecified atom stereocenters. The molecule has 0 amide bonds. The van der Waals surface area contributed by atoms with Gasteiger partial charge in [0.05, 0.1) is 0 Å². The molecule has 0 aromatic heterocycles. The van der Waals surface area contributed by atoms with Gasteiger partial charge in [0.15, 0.2) is 0 Å². The van der Waals surface area contributed by atoms with E-state index in [4.69, 9.17) is 9.47 Å². The summed E-state index contributed by atoms with van der Waals surface area (Å²) in [5, 5.41) is 0. The van der Waals surface area contributed by atoms with Crippen LogP contribution in [-0.2, 0) is 9.47 Å². The standard InChI is InChI=1S/C12H18O2/c1-4-6-10-7-8-11(14-5-2)12(9-10)13-3/h4,7-9,11-12H,1,5-6H2,2-3H3. The Morgan fingerprint density at radius 1 is 1.50 bits per heavy atom. The van der Waals surface area contributed by atoms with Gasteiger partial charge in [-0.3, -0.25) is 0 Å². The molecule has 2 heteroatoms. The molecule has 0 aromatic carbocycles. The van der Waals surface area contributed by atoms with Crippen molar-refractivity contribution >= 4 is 0 Å². The Morgan fingerprint density at radius 3 is 2.86 bits per heavy atom. The number of rotatable bonds is 5. The van der Waals surface area contributed by atoms with E-state index in [2.05, 4.69) is 24.8 Å². The molecular weight excluding hydrogens is 176 g/mol. The molecule has 0 saturated carbocycles. The monoisotopic (exact) mass is 194 g/mol. The van der Waals surface area contributed by atoms with E-state index in [9.17, 15) is 0 Å². The Labute approximate surface area is 85.9 Å². The van der Waals surface area contributed by atoms with Crippen LogP contribution >= 0.6 is 0 Å². The number of hydrogen-bond donors (Lipinski definition) is 0. The zero-order valence-electron chi connectivity index (χ0n) is 8.90. The van der Waals surface area contributed by atoms with E-state index in [0.29, 0.717) is 6.61 Å². The normalized spacial score (nSPS) is 26.0. The number of hydrogen-bond acceptors (Lipinski definition) is 2. The first kappa shape index (κ1) is 11.2. The Bertz CT molecular complexity index is 241. The number of ether oxygens (including phenoxy) is 2. The second-order valence-electron chi connectivity index (χ2n) is 3.21. The fraction of sp³-hybridized carbons (Fsp3) is 0.500. The summed E-state index contributed by atoms with van der Waals surface area (Å²) in [5.41, 5.74) is 1.24. The molecule has 14 heavy (non-hydrogen) atoms. The third kappa shape index (κ3) is 2.82. The SMILES string of the molecule is C=CCC1=CC(OC)C(OCC)C=C1. The van der Waals surface area contributed by atoms with Crippen molar-refractivity contribution in [1.29, 1.82) is 0 Å². The highest BCUT2D eigenvalue weighted by atomic mass is 16.5. The van der Waals surface area contributed by atoms with Crippen molar-refractivity contribution in [2.45, 2.75) is 25.6 Å². The maximum absolute atomic E-state index is 5.53. The lowest BCUT2D eigenvalue weighted by molar-refractivity contribution is -0.00618. The fourth-order valence-corrected chi connectivity index (χ4v) is 1.54. The molecule has 0 N–H and O–H groups in total. The van der Waals surface area contributed by atoms with E-state index in [1.165, 1.54) is 5.57 Å².